The summed E-state index contributed by atoms with van der Waals surface area (Å²) in [5.41, 5.74) is 1.01. The number of nitrogens with zero attached hydrogens (tertiary/aromatic N) is 3. The van der Waals surface area contributed by atoms with E-state index in [-0.39, 0.29) is 19.0 Å². The van der Waals surface area contributed by atoms with Crippen LogP contribution >= 0.6 is 0 Å². The molecule has 0 aliphatic carbocycles. The molecule has 1 amide bonds. The number of rotatable bonds is 9. The molecule has 0 aliphatic heterocycles. The van der Waals surface area contributed by atoms with E-state index < -0.39 is 10.0 Å². The molecule has 0 atom stereocenters. The lowest BCUT2D eigenvalue weighted by Crippen LogP contribution is -2.43. The standard InChI is InChI=1S/C16H27N3O3S/c1-6-9-19(23(5,21)22)13-16(20)18(11-14(2)3)12-15-8-7-10-17(15)4/h6-8,10,14H,1,9,11-13H2,2-5H3. The van der Waals surface area contributed by atoms with Crippen molar-refractivity contribution in [2.24, 2.45) is 13.0 Å². The van der Waals surface area contributed by atoms with Crippen molar-refractivity contribution < 1.29 is 13.2 Å². The van der Waals surface area contributed by atoms with Gasteiger partial charge in [0, 0.05) is 32.0 Å². The Morgan fingerprint density at radius 2 is 2.09 bits per heavy atom. The molecule has 1 aromatic heterocycles. The van der Waals surface area contributed by atoms with Gasteiger partial charge in [0.2, 0.25) is 15.9 Å². The molecule has 0 bridgehead atoms. The molecule has 6 nitrogen and oxygen atoms in total. The molecule has 1 aromatic rings. The Labute approximate surface area is 139 Å². The van der Waals surface area contributed by atoms with Gasteiger partial charge in [0.25, 0.3) is 0 Å². The van der Waals surface area contributed by atoms with Crippen LogP contribution < -0.4 is 0 Å². The van der Waals surface area contributed by atoms with Crippen molar-refractivity contribution in [1.29, 1.82) is 0 Å². The molecule has 0 fully saturated rings. The first-order valence-corrected chi connectivity index (χ1v) is 9.44. The zero-order chi connectivity index (χ0) is 17.6. The first kappa shape index (κ1) is 19.4. The molecule has 0 saturated heterocycles. The maximum absolute atomic E-state index is 12.6. The van der Waals surface area contributed by atoms with Crippen molar-refractivity contribution in [3.63, 3.8) is 0 Å². The minimum absolute atomic E-state index is 0.129. The van der Waals surface area contributed by atoms with E-state index in [4.69, 9.17) is 0 Å². The van der Waals surface area contributed by atoms with Gasteiger partial charge < -0.3 is 9.47 Å². The third-order valence-corrected chi connectivity index (χ3v) is 4.67. The number of aromatic nitrogens is 1. The maximum Gasteiger partial charge on any atom is 0.238 e. The number of carbonyl (C=O) groups is 1. The highest BCUT2D eigenvalue weighted by molar-refractivity contribution is 7.88. The molecule has 23 heavy (non-hydrogen) atoms. The van der Waals surface area contributed by atoms with Gasteiger partial charge in [-0.1, -0.05) is 19.9 Å². The molecule has 0 aliphatic rings. The normalized spacial score (nSPS) is 11.9. The van der Waals surface area contributed by atoms with Crippen LogP contribution in [0.2, 0.25) is 0 Å². The van der Waals surface area contributed by atoms with Gasteiger partial charge in [-0.2, -0.15) is 4.31 Å². The van der Waals surface area contributed by atoms with Gasteiger partial charge in [0.05, 0.1) is 19.3 Å². The molecular weight excluding hydrogens is 314 g/mol. The zero-order valence-electron chi connectivity index (χ0n) is 14.4. The third-order valence-electron chi connectivity index (χ3n) is 3.46. The van der Waals surface area contributed by atoms with Gasteiger partial charge in [-0.05, 0) is 18.1 Å². The average molecular weight is 341 g/mol. The summed E-state index contributed by atoms with van der Waals surface area (Å²) in [4.78, 5) is 14.3. The zero-order valence-corrected chi connectivity index (χ0v) is 15.2. The van der Waals surface area contributed by atoms with E-state index in [1.165, 1.54) is 6.08 Å². The number of carbonyl (C=O) groups excluding carboxylic acids is 1. The highest BCUT2D eigenvalue weighted by Gasteiger charge is 2.23. The lowest BCUT2D eigenvalue weighted by atomic mass is 10.2. The van der Waals surface area contributed by atoms with E-state index in [1.54, 1.807) is 4.90 Å². The van der Waals surface area contributed by atoms with Gasteiger partial charge in [0.15, 0.2) is 0 Å². The predicted molar refractivity (Wildman–Crippen MR) is 92.3 cm³/mol. The fourth-order valence-electron chi connectivity index (χ4n) is 2.26. The molecule has 0 saturated carbocycles. The summed E-state index contributed by atoms with van der Waals surface area (Å²) in [6, 6.07) is 3.88. The Hall–Kier alpha value is -1.60. The molecule has 0 unspecified atom stereocenters. The highest BCUT2D eigenvalue weighted by atomic mass is 32.2. The van der Waals surface area contributed by atoms with E-state index in [2.05, 4.69) is 6.58 Å². The fraction of sp³-hybridized carbons (Fsp3) is 0.562. The Balaban J connectivity index is 2.90. The number of aryl methyl sites for hydroxylation is 1. The van der Waals surface area contributed by atoms with Gasteiger partial charge in [-0.3, -0.25) is 4.79 Å². The van der Waals surface area contributed by atoms with Crippen LogP contribution in [0, 0.1) is 5.92 Å². The second-order valence-electron chi connectivity index (χ2n) is 6.12. The van der Waals surface area contributed by atoms with E-state index in [0.717, 1.165) is 16.3 Å². The Morgan fingerprint density at radius 3 is 2.52 bits per heavy atom. The predicted octanol–water partition coefficient (Wildman–Crippen LogP) is 1.46. The average Bonchev–Trinajstić information content (AvgIpc) is 2.81. The topological polar surface area (TPSA) is 62.6 Å². The van der Waals surface area contributed by atoms with Crippen molar-refractivity contribution in [2.75, 3.05) is 25.9 Å². The molecule has 0 aromatic carbocycles. The summed E-state index contributed by atoms with van der Waals surface area (Å²) in [5, 5.41) is 0. The first-order valence-electron chi connectivity index (χ1n) is 7.59. The lowest BCUT2D eigenvalue weighted by Gasteiger charge is -2.27. The van der Waals surface area contributed by atoms with Crippen molar-refractivity contribution in [3.8, 4) is 0 Å². The number of amides is 1. The van der Waals surface area contributed by atoms with Crippen molar-refractivity contribution in [2.45, 2.75) is 20.4 Å². The third kappa shape index (κ3) is 6.19. The minimum atomic E-state index is -3.44. The fourth-order valence-corrected chi connectivity index (χ4v) is 2.98. The van der Waals surface area contributed by atoms with Gasteiger partial charge in [-0.25, -0.2) is 8.42 Å². The molecule has 7 heteroatoms. The van der Waals surface area contributed by atoms with Crippen molar-refractivity contribution >= 4 is 15.9 Å². The Bertz CT molecular complexity index is 635. The van der Waals surface area contributed by atoms with Crippen LogP contribution in [-0.2, 0) is 28.4 Å². The monoisotopic (exact) mass is 341 g/mol. The lowest BCUT2D eigenvalue weighted by molar-refractivity contribution is -0.132. The quantitative estimate of drug-likeness (QED) is 0.639. The molecule has 1 rings (SSSR count). The van der Waals surface area contributed by atoms with Crippen LogP contribution in [-0.4, -0.2) is 54.0 Å². The van der Waals surface area contributed by atoms with Crippen molar-refractivity contribution in [1.82, 2.24) is 13.8 Å². The molecule has 0 N–H and O–H groups in total. The largest absolute Gasteiger partial charge is 0.353 e. The van der Waals surface area contributed by atoms with E-state index >= 15 is 0 Å². The second kappa shape index (κ2) is 8.31. The summed E-state index contributed by atoms with van der Waals surface area (Å²) in [6.07, 6.45) is 4.51. The Morgan fingerprint density at radius 1 is 1.43 bits per heavy atom. The van der Waals surface area contributed by atoms with Gasteiger partial charge in [0.1, 0.15) is 0 Å². The van der Waals surface area contributed by atoms with Crippen molar-refractivity contribution in [3.05, 3.63) is 36.7 Å². The molecule has 0 radical (unpaired) electrons. The summed E-state index contributed by atoms with van der Waals surface area (Å²) in [5.74, 6) is 0.0949. The molecule has 0 spiro atoms. The Kier molecular flexibility index (Phi) is 7.02. The summed E-state index contributed by atoms with van der Waals surface area (Å²) >= 11 is 0. The smallest absolute Gasteiger partial charge is 0.238 e. The van der Waals surface area contributed by atoms with Crippen LogP contribution in [0.5, 0.6) is 0 Å². The summed E-state index contributed by atoms with van der Waals surface area (Å²) < 4.78 is 26.6. The minimum Gasteiger partial charge on any atom is -0.353 e. The van der Waals surface area contributed by atoms with Gasteiger partial charge in [-0.15, -0.1) is 6.58 Å². The molecular formula is C16H27N3O3S. The summed E-state index contributed by atoms with van der Waals surface area (Å²) in [7, 11) is -1.52. The van der Waals surface area contributed by atoms with Crippen LogP contribution in [0.3, 0.4) is 0 Å². The number of hydrogen-bond donors (Lipinski definition) is 0. The number of sulfonamides is 1. The SMILES string of the molecule is C=CCN(CC(=O)N(Cc1cccn1C)CC(C)C)S(C)(=O)=O. The van der Waals surface area contributed by atoms with Gasteiger partial charge >= 0.3 is 0 Å². The second-order valence-corrected chi connectivity index (χ2v) is 8.11. The molecule has 130 valence electrons. The van der Waals surface area contributed by atoms with Crippen LogP contribution in [0.15, 0.2) is 31.0 Å². The number of hydrogen-bond acceptors (Lipinski definition) is 3. The highest BCUT2D eigenvalue weighted by Crippen LogP contribution is 2.10. The van der Waals surface area contributed by atoms with E-state index in [9.17, 15) is 13.2 Å². The van der Waals surface area contributed by atoms with E-state index in [1.807, 2.05) is 43.8 Å². The first-order chi connectivity index (χ1) is 10.6. The summed E-state index contributed by atoms with van der Waals surface area (Å²) in [6.45, 7) is 8.62. The van der Waals surface area contributed by atoms with Crippen LogP contribution in [0.4, 0.5) is 0 Å². The van der Waals surface area contributed by atoms with Crippen LogP contribution in [0.25, 0.3) is 0 Å². The maximum atomic E-state index is 12.6. The van der Waals surface area contributed by atoms with Crippen LogP contribution in [0.1, 0.15) is 19.5 Å². The molecule has 1 heterocycles. The van der Waals surface area contributed by atoms with E-state index in [0.29, 0.717) is 19.0 Å².